The molecule has 0 spiro atoms. The number of halogens is 1. The van der Waals surface area contributed by atoms with Gasteiger partial charge in [0.25, 0.3) is 0 Å². The summed E-state index contributed by atoms with van der Waals surface area (Å²) < 4.78 is 6.47. The summed E-state index contributed by atoms with van der Waals surface area (Å²) >= 11 is 3.44. The van der Waals surface area contributed by atoms with Crippen LogP contribution in [0.1, 0.15) is 19.4 Å². The number of nitrogens with one attached hydrogen (secondary N) is 1. The highest BCUT2D eigenvalue weighted by Crippen LogP contribution is 2.23. The van der Waals surface area contributed by atoms with E-state index in [4.69, 9.17) is 11.2 Å². The van der Waals surface area contributed by atoms with E-state index in [9.17, 15) is 4.79 Å². The standard InChI is InChI=1S/C16H21BrN2O2/c1-5-9-21-15-8-7-14(17)10-13(15)11-18-12(3)16(20)19(4)6-2/h1,7-8,10,12,18H,6,9,11H2,2-4H3. The summed E-state index contributed by atoms with van der Waals surface area (Å²) in [6, 6.07) is 5.46. The number of rotatable bonds is 7. The fraction of sp³-hybridized carbons (Fsp3) is 0.438. The number of ether oxygens (including phenoxy) is 1. The Morgan fingerprint density at radius 1 is 1.57 bits per heavy atom. The van der Waals surface area contributed by atoms with Crippen molar-refractivity contribution < 1.29 is 9.53 Å². The van der Waals surface area contributed by atoms with Gasteiger partial charge in [0.1, 0.15) is 12.4 Å². The number of likely N-dealkylation sites (N-methyl/N-ethyl adjacent to an activating group) is 1. The molecule has 0 heterocycles. The van der Waals surface area contributed by atoms with Gasteiger partial charge in [-0.1, -0.05) is 21.9 Å². The molecule has 1 N–H and O–H groups in total. The molecule has 4 nitrogen and oxygen atoms in total. The van der Waals surface area contributed by atoms with Crippen molar-refractivity contribution in [3.63, 3.8) is 0 Å². The van der Waals surface area contributed by atoms with Crippen molar-refractivity contribution in [2.45, 2.75) is 26.4 Å². The summed E-state index contributed by atoms with van der Waals surface area (Å²) in [5.74, 6) is 3.25. The van der Waals surface area contributed by atoms with Crippen molar-refractivity contribution in [3.8, 4) is 18.1 Å². The van der Waals surface area contributed by atoms with Crippen molar-refractivity contribution in [2.24, 2.45) is 0 Å². The van der Waals surface area contributed by atoms with Crippen LogP contribution in [-0.4, -0.2) is 37.0 Å². The first-order valence-electron chi connectivity index (χ1n) is 6.82. The third-order valence-corrected chi connectivity index (χ3v) is 3.65. The number of amides is 1. The molecule has 0 aliphatic carbocycles. The van der Waals surface area contributed by atoms with Crippen LogP contribution in [0.3, 0.4) is 0 Å². The molecule has 0 aliphatic heterocycles. The molecule has 1 atom stereocenters. The maximum Gasteiger partial charge on any atom is 0.239 e. The minimum Gasteiger partial charge on any atom is -0.481 e. The van der Waals surface area contributed by atoms with Crippen LogP contribution < -0.4 is 10.1 Å². The number of hydrogen-bond acceptors (Lipinski definition) is 3. The highest BCUT2D eigenvalue weighted by molar-refractivity contribution is 9.10. The van der Waals surface area contributed by atoms with Gasteiger partial charge in [-0.2, -0.15) is 0 Å². The van der Waals surface area contributed by atoms with Gasteiger partial charge in [0.2, 0.25) is 5.91 Å². The highest BCUT2D eigenvalue weighted by atomic mass is 79.9. The van der Waals surface area contributed by atoms with Gasteiger partial charge >= 0.3 is 0 Å². The smallest absolute Gasteiger partial charge is 0.239 e. The third-order valence-electron chi connectivity index (χ3n) is 3.15. The predicted molar refractivity (Wildman–Crippen MR) is 88.1 cm³/mol. The molecule has 0 saturated carbocycles. The molecular formula is C16H21BrN2O2. The summed E-state index contributed by atoms with van der Waals surface area (Å²) in [4.78, 5) is 13.7. The quantitative estimate of drug-likeness (QED) is 0.766. The van der Waals surface area contributed by atoms with Crippen molar-refractivity contribution >= 4 is 21.8 Å². The van der Waals surface area contributed by atoms with Crippen LogP contribution in [-0.2, 0) is 11.3 Å². The molecule has 0 fully saturated rings. The number of nitrogens with zero attached hydrogens (tertiary/aromatic N) is 1. The number of hydrogen-bond donors (Lipinski definition) is 1. The molecule has 0 aromatic heterocycles. The first-order chi connectivity index (χ1) is 9.99. The number of carbonyl (C=O) groups excluding carboxylic acids is 1. The molecule has 1 aromatic carbocycles. The van der Waals surface area contributed by atoms with E-state index in [1.165, 1.54) is 0 Å². The Balaban J connectivity index is 2.71. The molecule has 0 aliphatic rings. The second-order valence-corrected chi connectivity index (χ2v) is 5.62. The van der Waals surface area contributed by atoms with Crippen LogP contribution in [0.2, 0.25) is 0 Å². The Kier molecular flexibility index (Phi) is 7.27. The average Bonchev–Trinajstić information content (AvgIpc) is 2.49. The van der Waals surface area contributed by atoms with Gasteiger partial charge < -0.3 is 15.0 Å². The van der Waals surface area contributed by atoms with Crippen LogP contribution in [0.5, 0.6) is 5.75 Å². The number of carbonyl (C=O) groups is 1. The number of terminal acetylenes is 1. The first-order valence-corrected chi connectivity index (χ1v) is 7.62. The molecule has 1 aromatic rings. The largest absolute Gasteiger partial charge is 0.481 e. The van der Waals surface area contributed by atoms with Gasteiger partial charge in [0.15, 0.2) is 0 Å². The lowest BCUT2D eigenvalue weighted by molar-refractivity contribution is -0.131. The first kappa shape index (κ1) is 17.5. The maximum absolute atomic E-state index is 12.0. The van der Waals surface area contributed by atoms with Crippen molar-refractivity contribution in [2.75, 3.05) is 20.2 Å². The fourth-order valence-electron chi connectivity index (χ4n) is 1.78. The lowest BCUT2D eigenvalue weighted by Crippen LogP contribution is -2.42. The van der Waals surface area contributed by atoms with Crippen LogP contribution in [0.25, 0.3) is 0 Å². The summed E-state index contributed by atoms with van der Waals surface area (Å²) in [7, 11) is 1.79. The van der Waals surface area contributed by atoms with Crippen molar-refractivity contribution in [1.82, 2.24) is 10.2 Å². The Bertz CT molecular complexity index is 525. The zero-order chi connectivity index (χ0) is 15.8. The summed E-state index contributed by atoms with van der Waals surface area (Å²) in [5.41, 5.74) is 0.957. The van der Waals surface area contributed by atoms with E-state index in [-0.39, 0.29) is 18.6 Å². The molecule has 21 heavy (non-hydrogen) atoms. The summed E-state index contributed by atoms with van der Waals surface area (Å²) in [5, 5.41) is 3.21. The van der Waals surface area contributed by atoms with E-state index in [2.05, 4.69) is 27.2 Å². The molecule has 1 unspecified atom stereocenters. The lowest BCUT2D eigenvalue weighted by Gasteiger charge is -2.21. The summed E-state index contributed by atoms with van der Waals surface area (Å²) in [6.45, 7) is 5.25. The van der Waals surface area contributed by atoms with Crippen LogP contribution in [0, 0.1) is 12.3 Å². The Morgan fingerprint density at radius 3 is 2.90 bits per heavy atom. The molecule has 5 heteroatoms. The molecule has 0 bridgehead atoms. The van der Waals surface area contributed by atoms with Gasteiger partial charge in [0, 0.05) is 30.2 Å². The monoisotopic (exact) mass is 352 g/mol. The third kappa shape index (κ3) is 5.41. The van der Waals surface area contributed by atoms with Crippen molar-refractivity contribution in [1.29, 1.82) is 0 Å². The van der Waals surface area contributed by atoms with Gasteiger partial charge in [0.05, 0.1) is 6.04 Å². The zero-order valence-corrected chi connectivity index (χ0v) is 14.2. The fourth-order valence-corrected chi connectivity index (χ4v) is 2.19. The Morgan fingerprint density at radius 2 is 2.29 bits per heavy atom. The van der Waals surface area contributed by atoms with Gasteiger partial charge in [-0.15, -0.1) is 6.42 Å². The normalized spacial score (nSPS) is 11.6. The van der Waals surface area contributed by atoms with Crippen LogP contribution in [0.4, 0.5) is 0 Å². The average molecular weight is 353 g/mol. The van der Waals surface area contributed by atoms with E-state index in [0.29, 0.717) is 13.1 Å². The van der Waals surface area contributed by atoms with Crippen molar-refractivity contribution in [3.05, 3.63) is 28.2 Å². The SMILES string of the molecule is C#CCOc1ccc(Br)cc1CNC(C)C(=O)N(C)CC. The minimum absolute atomic E-state index is 0.0681. The van der Waals surface area contributed by atoms with E-state index < -0.39 is 0 Å². The lowest BCUT2D eigenvalue weighted by atomic mass is 10.2. The second-order valence-electron chi connectivity index (χ2n) is 4.70. The molecule has 114 valence electrons. The predicted octanol–water partition coefficient (Wildman–Crippen LogP) is 2.42. The minimum atomic E-state index is -0.255. The van der Waals surface area contributed by atoms with Gasteiger partial charge in [-0.05, 0) is 32.0 Å². The van der Waals surface area contributed by atoms with E-state index in [1.54, 1.807) is 11.9 Å². The highest BCUT2D eigenvalue weighted by Gasteiger charge is 2.16. The maximum atomic E-state index is 12.0. The number of benzene rings is 1. The molecule has 1 amide bonds. The van der Waals surface area contributed by atoms with Crippen LogP contribution >= 0.6 is 15.9 Å². The van der Waals surface area contributed by atoms with Gasteiger partial charge in [-0.3, -0.25) is 4.79 Å². The topological polar surface area (TPSA) is 41.6 Å². The Labute approximate surface area is 135 Å². The molecule has 1 rings (SSSR count). The van der Waals surface area contributed by atoms with E-state index in [1.807, 2.05) is 32.0 Å². The van der Waals surface area contributed by atoms with Crippen LogP contribution in [0.15, 0.2) is 22.7 Å². The Hall–Kier alpha value is -1.51. The summed E-state index contributed by atoms with van der Waals surface area (Å²) in [6.07, 6.45) is 5.22. The molecule has 0 saturated heterocycles. The molecular weight excluding hydrogens is 332 g/mol. The zero-order valence-electron chi connectivity index (χ0n) is 12.6. The van der Waals surface area contributed by atoms with E-state index >= 15 is 0 Å². The van der Waals surface area contributed by atoms with Gasteiger partial charge in [-0.25, -0.2) is 0 Å². The van der Waals surface area contributed by atoms with E-state index in [0.717, 1.165) is 15.8 Å². The molecule has 0 radical (unpaired) electrons. The second kappa shape index (κ2) is 8.71.